The van der Waals surface area contributed by atoms with Crippen LogP contribution in [0.4, 0.5) is 5.69 Å². The molecule has 0 aliphatic heterocycles. The number of aromatic hydroxyl groups is 1. The van der Waals surface area contributed by atoms with Crippen LogP contribution in [0.5, 0.6) is 5.75 Å². The molecule has 0 atom stereocenters. The Hall–Kier alpha value is -3.93. The van der Waals surface area contributed by atoms with E-state index in [-0.39, 0.29) is 11.4 Å². The second-order valence-electron chi connectivity index (χ2n) is 6.32. The van der Waals surface area contributed by atoms with E-state index in [1.807, 2.05) is 36.4 Å². The number of carbonyl (C=O) groups excluding carboxylic acids is 1. The van der Waals surface area contributed by atoms with Gasteiger partial charge in [0.1, 0.15) is 23.6 Å². The smallest absolute Gasteiger partial charge is 0.274 e. The van der Waals surface area contributed by atoms with Crippen molar-refractivity contribution in [1.82, 2.24) is 14.5 Å². The van der Waals surface area contributed by atoms with Gasteiger partial charge in [-0.1, -0.05) is 42.5 Å². The fraction of sp³-hybridized carbons (Fsp3) is 0.0455. The summed E-state index contributed by atoms with van der Waals surface area (Å²) in [4.78, 5) is 21.0. The van der Waals surface area contributed by atoms with Crippen LogP contribution >= 0.6 is 0 Å². The number of rotatable bonds is 5. The van der Waals surface area contributed by atoms with E-state index < -0.39 is 5.91 Å². The summed E-state index contributed by atoms with van der Waals surface area (Å²) >= 11 is 0. The van der Waals surface area contributed by atoms with E-state index in [0.29, 0.717) is 17.9 Å². The highest BCUT2D eigenvalue weighted by molar-refractivity contribution is 6.03. The van der Waals surface area contributed by atoms with Gasteiger partial charge in [-0.2, -0.15) is 0 Å². The summed E-state index contributed by atoms with van der Waals surface area (Å²) in [6, 6.07) is 20.4. The van der Waals surface area contributed by atoms with Crippen LogP contribution in [0.1, 0.15) is 21.6 Å². The lowest BCUT2D eigenvalue weighted by Gasteiger charge is -2.10. The molecule has 0 aliphatic carbocycles. The van der Waals surface area contributed by atoms with Crippen LogP contribution in [0.3, 0.4) is 0 Å². The zero-order chi connectivity index (χ0) is 19.3. The van der Waals surface area contributed by atoms with Crippen molar-refractivity contribution in [2.75, 3.05) is 5.32 Å². The van der Waals surface area contributed by atoms with Gasteiger partial charge in [0.05, 0.1) is 5.69 Å². The first kappa shape index (κ1) is 17.5. The van der Waals surface area contributed by atoms with Crippen molar-refractivity contribution in [1.29, 1.82) is 0 Å². The third-order valence-electron chi connectivity index (χ3n) is 4.30. The summed E-state index contributed by atoms with van der Waals surface area (Å²) in [6.07, 6.45) is 5.72. The number of carbonyl (C=O) groups is 1. The largest absolute Gasteiger partial charge is 0.506 e. The van der Waals surface area contributed by atoms with Gasteiger partial charge in [0, 0.05) is 12.4 Å². The van der Waals surface area contributed by atoms with Gasteiger partial charge in [-0.05, 0) is 41.8 Å². The fourth-order valence-corrected chi connectivity index (χ4v) is 2.90. The molecule has 2 aromatic heterocycles. The van der Waals surface area contributed by atoms with E-state index in [4.69, 9.17) is 0 Å². The van der Waals surface area contributed by atoms with E-state index in [0.717, 1.165) is 11.1 Å². The van der Waals surface area contributed by atoms with Crippen LogP contribution in [0.2, 0.25) is 0 Å². The highest BCUT2D eigenvalue weighted by atomic mass is 16.3. The first-order chi connectivity index (χ1) is 13.7. The molecule has 4 rings (SSSR count). The summed E-state index contributed by atoms with van der Waals surface area (Å²) in [5.74, 6) is 0.206. The summed E-state index contributed by atoms with van der Waals surface area (Å²) in [7, 11) is 0. The zero-order valence-corrected chi connectivity index (χ0v) is 15.0. The summed E-state index contributed by atoms with van der Waals surface area (Å²) in [6.45, 7) is 0. The molecule has 0 radical (unpaired) electrons. The Labute approximate surface area is 162 Å². The van der Waals surface area contributed by atoms with Crippen molar-refractivity contribution < 1.29 is 9.90 Å². The Kier molecular flexibility index (Phi) is 4.84. The van der Waals surface area contributed by atoms with Gasteiger partial charge in [0.2, 0.25) is 0 Å². The summed E-state index contributed by atoms with van der Waals surface area (Å²) < 4.78 is 1.72. The first-order valence-electron chi connectivity index (χ1n) is 8.81. The number of pyridine rings is 1. The molecule has 0 spiro atoms. The van der Waals surface area contributed by atoms with E-state index in [9.17, 15) is 9.90 Å². The number of nitrogens with one attached hydrogen (secondary N) is 1. The van der Waals surface area contributed by atoms with Crippen molar-refractivity contribution in [2.24, 2.45) is 0 Å². The minimum Gasteiger partial charge on any atom is -0.506 e. The van der Waals surface area contributed by atoms with Gasteiger partial charge >= 0.3 is 0 Å². The molecule has 0 bridgehead atoms. The Balaban J connectivity index is 1.54. The van der Waals surface area contributed by atoms with Gasteiger partial charge in [0.25, 0.3) is 5.91 Å². The van der Waals surface area contributed by atoms with Crippen LogP contribution in [-0.2, 0) is 6.42 Å². The quantitative estimate of drug-likeness (QED) is 0.524. The number of hydrogen-bond donors (Lipinski definition) is 2. The van der Waals surface area contributed by atoms with Crippen molar-refractivity contribution in [3.63, 3.8) is 0 Å². The number of aromatic nitrogens is 3. The number of anilines is 1. The predicted molar refractivity (Wildman–Crippen MR) is 107 cm³/mol. The van der Waals surface area contributed by atoms with Crippen molar-refractivity contribution >= 4 is 11.6 Å². The van der Waals surface area contributed by atoms with Crippen LogP contribution in [0.15, 0.2) is 85.5 Å². The van der Waals surface area contributed by atoms with Gasteiger partial charge in [0.15, 0.2) is 0 Å². The van der Waals surface area contributed by atoms with Crippen LogP contribution in [0.25, 0.3) is 5.82 Å². The molecule has 0 fully saturated rings. The second-order valence-corrected chi connectivity index (χ2v) is 6.32. The van der Waals surface area contributed by atoms with E-state index in [1.54, 1.807) is 53.6 Å². The maximum absolute atomic E-state index is 12.6. The molecular weight excluding hydrogens is 352 g/mol. The van der Waals surface area contributed by atoms with Crippen molar-refractivity contribution in [2.45, 2.75) is 6.42 Å². The average Bonchev–Trinajstić information content (AvgIpc) is 3.26. The van der Waals surface area contributed by atoms with Crippen molar-refractivity contribution in [3.8, 4) is 11.6 Å². The second kappa shape index (κ2) is 7.75. The van der Waals surface area contributed by atoms with Crippen LogP contribution in [-0.4, -0.2) is 25.5 Å². The molecule has 0 saturated heterocycles. The average molecular weight is 370 g/mol. The maximum atomic E-state index is 12.6. The highest BCUT2D eigenvalue weighted by Gasteiger charge is 2.12. The lowest BCUT2D eigenvalue weighted by atomic mass is 10.0. The van der Waals surface area contributed by atoms with Crippen molar-refractivity contribution in [3.05, 3.63) is 102 Å². The van der Waals surface area contributed by atoms with Gasteiger partial charge in [-0.15, -0.1) is 0 Å². The standard InChI is InChI=1S/C22H18N4O2/c27-20-10-9-17(13-16-5-2-1-3-6-16)14-19(20)25-22(28)18-7-4-8-21(24-18)26-12-11-23-15-26/h1-12,14-15,27H,13H2,(H,25,28). The predicted octanol–water partition coefficient (Wildman–Crippen LogP) is 3.82. The highest BCUT2D eigenvalue weighted by Crippen LogP contribution is 2.26. The lowest BCUT2D eigenvalue weighted by Crippen LogP contribution is -2.15. The van der Waals surface area contributed by atoms with E-state index in [2.05, 4.69) is 15.3 Å². The summed E-state index contributed by atoms with van der Waals surface area (Å²) in [5, 5.41) is 12.9. The Bertz CT molecular complexity index is 1090. The van der Waals surface area contributed by atoms with Gasteiger partial charge < -0.3 is 10.4 Å². The molecular formula is C22H18N4O2. The molecule has 2 heterocycles. The minimum atomic E-state index is -0.394. The first-order valence-corrected chi connectivity index (χ1v) is 8.81. The molecule has 6 heteroatoms. The van der Waals surface area contributed by atoms with Crippen LogP contribution in [0, 0.1) is 0 Å². The lowest BCUT2D eigenvalue weighted by molar-refractivity contribution is 0.102. The Morgan fingerprint density at radius 2 is 1.86 bits per heavy atom. The van der Waals surface area contributed by atoms with E-state index >= 15 is 0 Å². The SMILES string of the molecule is O=C(Nc1cc(Cc2ccccc2)ccc1O)c1cccc(-n2ccnc2)n1. The maximum Gasteiger partial charge on any atom is 0.274 e. The molecule has 28 heavy (non-hydrogen) atoms. The normalized spacial score (nSPS) is 10.6. The number of hydrogen-bond acceptors (Lipinski definition) is 4. The molecule has 0 unspecified atom stereocenters. The van der Waals surface area contributed by atoms with Crippen LogP contribution < -0.4 is 5.32 Å². The molecule has 6 nitrogen and oxygen atoms in total. The zero-order valence-electron chi connectivity index (χ0n) is 15.0. The molecule has 4 aromatic rings. The number of imidazole rings is 1. The molecule has 0 aliphatic rings. The Morgan fingerprint density at radius 1 is 1.00 bits per heavy atom. The number of nitrogens with zero attached hydrogens (tertiary/aromatic N) is 3. The molecule has 138 valence electrons. The van der Waals surface area contributed by atoms with E-state index in [1.165, 1.54) is 0 Å². The Morgan fingerprint density at radius 3 is 2.64 bits per heavy atom. The van der Waals surface area contributed by atoms with Gasteiger partial charge in [-0.3, -0.25) is 9.36 Å². The molecule has 1 amide bonds. The number of phenolic OH excluding ortho intramolecular Hbond substituents is 1. The molecule has 0 saturated carbocycles. The number of phenols is 1. The molecule has 2 N–H and O–H groups in total. The topological polar surface area (TPSA) is 80.0 Å². The number of amides is 1. The third-order valence-corrected chi connectivity index (χ3v) is 4.30. The number of benzene rings is 2. The van der Waals surface area contributed by atoms with Gasteiger partial charge in [-0.25, -0.2) is 9.97 Å². The third kappa shape index (κ3) is 3.91. The summed E-state index contributed by atoms with van der Waals surface area (Å²) in [5.41, 5.74) is 2.74. The molecule has 2 aromatic carbocycles. The monoisotopic (exact) mass is 370 g/mol. The minimum absolute atomic E-state index is 0.0101. The fourth-order valence-electron chi connectivity index (χ4n) is 2.90.